The summed E-state index contributed by atoms with van der Waals surface area (Å²) in [4.78, 5) is 23.6. The van der Waals surface area contributed by atoms with Crippen LogP contribution in [0.4, 0.5) is 31.5 Å². The molecule has 1 heterocycles. The van der Waals surface area contributed by atoms with Crippen LogP contribution in [-0.2, 0) is 0 Å². The molecule has 9 nitrogen and oxygen atoms in total. The van der Waals surface area contributed by atoms with Crippen LogP contribution in [0.2, 0.25) is 0 Å². The lowest BCUT2D eigenvalue weighted by Gasteiger charge is -2.43. The fourth-order valence-electron chi connectivity index (χ4n) is 3.24. The molecule has 1 atom stereocenters. The molecule has 148 valence electrons. The number of anilines is 2. The Kier molecular flexibility index (Phi) is 5.36. The Morgan fingerprint density at radius 2 is 1.50 bits per heavy atom. The van der Waals surface area contributed by atoms with Crippen LogP contribution in [0.5, 0.6) is 0 Å². The van der Waals surface area contributed by atoms with Gasteiger partial charge >= 0.3 is 0 Å². The molecule has 28 heavy (non-hydrogen) atoms. The summed E-state index contributed by atoms with van der Waals surface area (Å²) >= 11 is 0. The Bertz CT molecular complexity index is 926. The molecule has 1 aliphatic heterocycles. The van der Waals surface area contributed by atoms with Crippen LogP contribution in [0.15, 0.2) is 36.4 Å². The molecule has 0 aliphatic carbocycles. The minimum absolute atomic E-state index is 0.00631. The average molecular weight is 394 g/mol. The Morgan fingerprint density at radius 3 is 2.04 bits per heavy atom. The average Bonchev–Trinajstić information content (AvgIpc) is 2.68. The third kappa shape index (κ3) is 3.69. The number of benzene rings is 2. The summed E-state index contributed by atoms with van der Waals surface area (Å²) in [6, 6.07) is 5.57. The maximum atomic E-state index is 14.3. The lowest BCUT2D eigenvalue weighted by Crippen LogP contribution is -2.55. The minimum atomic E-state index is -0.691. The van der Waals surface area contributed by atoms with Crippen LogP contribution in [0.3, 0.4) is 0 Å². The Hall–Kier alpha value is -3.34. The Labute approximate surface area is 157 Å². The minimum Gasteiger partial charge on any atom is -0.394 e. The predicted molar refractivity (Wildman–Crippen MR) is 96.5 cm³/mol. The topological polar surface area (TPSA) is 113 Å². The summed E-state index contributed by atoms with van der Waals surface area (Å²) in [5.41, 5.74) is -0.594. The number of nitro groups is 2. The van der Waals surface area contributed by atoms with Crippen molar-refractivity contribution in [2.75, 3.05) is 36.0 Å². The van der Waals surface area contributed by atoms with Crippen molar-refractivity contribution in [1.82, 2.24) is 0 Å². The van der Waals surface area contributed by atoms with Crippen molar-refractivity contribution >= 4 is 22.7 Å². The van der Waals surface area contributed by atoms with Crippen molar-refractivity contribution in [2.24, 2.45) is 0 Å². The first kappa shape index (κ1) is 19.4. The molecular weight excluding hydrogens is 378 g/mol. The molecular formula is C17H16F2N4O5. The van der Waals surface area contributed by atoms with Crippen LogP contribution in [-0.4, -0.2) is 47.2 Å². The number of nitrogens with zero attached hydrogens (tertiary/aromatic N) is 4. The van der Waals surface area contributed by atoms with E-state index in [4.69, 9.17) is 0 Å². The van der Waals surface area contributed by atoms with Gasteiger partial charge in [-0.2, -0.15) is 0 Å². The van der Waals surface area contributed by atoms with Gasteiger partial charge in [-0.05, 0) is 12.1 Å². The maximum absolute atomic E-state index is 14.3. The van der Waals surface area contributed by atoms with E-state index in [1.807, 2.05) is 0 Å². The summed E-state index contributed by atoms with van der Waals surface area (Å²) < 4.78 is 28.5. The number of halogens is 2. The van der Waals surface area contributed by atoms with E-state index in [2.05, 4.69) is 0 Å². The molecule has 0 unspecified atom stereocenters. The second kappa shape index (κ2) is 7.72. The standard InChI is InChI=1S/C17H16F2N4O5/c18-14-3-1-11(22(25)26)7-16(14)20-5-6-21(13(9-20)10-24)17-8-12(23(27)28)2-4-15(17)19/h1-4,7-8,13,24H,5-6,9-10H2/t13-/m1/s1. The van der Waals surface area contributed by atoms with Crippen LogP contribution >= 0.6 is 0 Å². The Balaban J connectivity index is 1.89. The quantitative estimate of drug-likeness (QED) is 0.612. The monoisotopic (exact) mass is 394 g/mol. The van der Waals surface area contributed by atoms with Crippen LogP contribution in [0.1, 0.15) is 0 Å². The number of non-ortho nitro benzene ring substituents is 2. The van der Waals surface area contributed by atoms with E-state index >= 15 is 0 Å². The molecule has 0 saturated carbocycles. The second-order valence-electron chi connectivity index (χ2n) is 6.26. The van der Waals surface area contributed by atoms with Gasteiger partial charge in [0.15, 0.2) is 0 Å². The number of piperazine rings is 1. The zero-order valence-corrected chi connectivity index (χ0v) is 14.5. The SMILES string of the molecule is O=[N+]([O-])c1ccc(F)c(N2CCN(c3cc([N+](=O)[O-])ccc3F)[C@@H](CO)C2)c1. The Morgan fingerprint density at radius 1 is 0.964 bits per heavy atom. The number of nitro benzene ring substituents is 2. The van der Waals surface area contributed by atoms with Gasteiger partial charge in [0.25, 0.3) is 11.4 Å². The molecule has 2 aromatic rings. The largest absolute Gasteiger partial charge is 0.394 e. The first-order chi connectivity index (χ1) is 13.3. The first-order valence-electron chi connectivity index (χ1n) is 8.32. The fourth-order valence-corrected chi connectivity index (χ4v) is 3.24. The van der Waals surface area contributed by atoms with Gasteiger partial charge in [-0.15, -0.1) is 0 Å². The molecule has 0 radical (unpaired) electrons. The fraction of sp³-hybridized carbons (Fsp3) is 0.294. The number of aliphatic hydroxyl groups excluding tert-OH is 1. The van der Waals surface area contributed by atoms with E-state index < -0.39 is 34.1 Å². The van der Waals surface area contributed by atoms with Crippen molar-refractivity contribution in [2.45, 2.75) is 6.04 Å². The van der Waals surface area contributed by atoms with Gasteiger partial charge in [0.05, 0.1) is 33.9 Å². The molecule has 1 N–H and O–H groups in total. The molecule has 3 rings (SSSR count). The van der Waals surface area contributed by atoms with E-state index in [9.17, 15) is 34.1 Å². The molecule has 1 saturated heterocycles. The highest BCUT2D eigenvalue weighted by Gasteiger charge is 2.31. The van der Waals surface area contributed by atoms with Gasteiger partial charge in [0, 0.05) is 43.9 Å². The normalized spacial score (nSPS) is 16.9. The lowest BCUT2D eigenvalue weighted by molar-refractivity contribution is -0.385. The smallest absolute Gasteiger partial charge is 0.271 e. The zero-order valence-electron chi connectivity index (χ0n) is 14.5. The molecule has 1 fully saturated rings. The summed E-state index contributed by atoms with van der Waals surface area (Å²) in [6.45, 7) is -0.0614. The van der Waals surface area contributed by atoms with Gasteiger partial charge in [-0.3, -0.25) is 20.2 Å². The number of hydrogen-bond acceptors (Lipinski definition) is 7. The van der Waals surface area contributed by atoms with Crippen LogP contribution < -0.4 is 9.80 Å². The molecule has 0 aromatic heterocycles. The summed E-state index contributed by atoms with van der Waals surface area (Å²) in [6.07, 6.45) is 0. The second-order valence-corrected chi connectivity index (χ2v) is 6.26. The van der Waals surface area contributed by atoms with Crippen molar-refractivity contribution in [1.29, 1.82) is 0 Å². The van der Waals surface area contributed by atoms with E-state index in [-0.39, 0.29) is 42.4 Å². The summed E-state index contributed by atoms with van der Waals surface area (Å²) in [7, 11) is 0. The van der Waals surface area contributed by atoms with Gasteiger partial charge in [0.1, 0.15) is 11.6 Å². The van der Waals surface area contributed by atoms with Crippen molar-refractivity contribution in [3.8, 4) is 0 Å². The van der Waals surface area contributed by atoms with E-state index in [1.54, 1.807) is 0 Å². The van der Waals surface area contributed by atoms with E-state index in [1.165, 1.54) is 9.80 Å². The van der Waals surface area contributed by atoms with Gasteiger partial charge < -0.3 is 14.9 Å². The molecule has 0 bridgehead atoms. The van der Waals surface area contributed by atoms with Gasteiger partial charge in [0.2, 0.25) is 0 Å². The van der Waals surface area contributed by atoms with Crippen molar-refractivity contribution < 1.29 is 23.7 Å². The molecule has 0 amide bonds. The van der Waals surface area contributed by atoms with Gasteiger partial charge in [-0.25, -0.2) is 8.78 Å². The first-order valence-corrected chi connectivity index (χ1v) is 8.32. The third-order valence-electron chi connectivity index (χ3n) is 4.62. The van der Waals surface area contributed by atoms with E-state index in [0.29, 0.717) is 0 Å². The summed E-state index contributed by atoms with van der Waals surface area (Å²) in [5, 5.41) is 31.7. The zero-order chi connectivity index (χ0) is 20.4. The number of hydrogen-bond donors (Lipinski definition) is 1. The maximum Gasteiger partial charge on any atom is 0.271 e. The molecule has 0 spiro atoms. The number of aliphatic hydroxyl groups is 1. The third-order valence-corrected chi connectivity index (χ3v) is 4.62. The van der Waals surface area contributed by atoms with Crippen LogP contribution in [0, 0.1) is 31.9 Å². The van der Waals surface area contributed by atoms with Gasteiger partial charge in [-0.1, -0.05) is 0 Å². The van der Waals surface area contributed by atoms with E-state index in [0.717, 1.165) is 36.4 Å². The highest BCUT2D eigenvalue weighted by atomic mass is 19.1. The summed E-state index contributed by atoms with van der Waals surface area (Å²) in [5.74, 6) is -1.34. The number of rotatable bonds is 5. The highest BCUT2D eigenvalue weighted by Crippen LogP contribution is 2.31. The predicted octanol–water partition coefficient (Wildman–Crippen LogP) is 2.47. The molecule has 2 aromatic carbocycles. The lowest BCUT2D eigenvalue weighted by atomic mass is 10.1. The van der Waals surface area contributed by atoms with Crippen LogP contribution in [0.25, 0.3) is 0 Å². The highest BCUT2D eigenvalue weighted by molar-refractivity contribution is 5.59. The molecule has 1 aliphatic rings. The molecule has 11 heteroatoms. The van der Waals surface area contributed by atoms with Crippen molar-refractivity contribution in [3.63, 3.8) is 0 Å². The van der Waals surface area contributed by atoms with Crippen molar-refractivity contribution in [3.05, 3.63) is 68.3 Å².